The number of carbonyl (C=O) groups excluding carboxylic acids is 1. The number of hydrogen-bond donors (Lipinski definition) is 2. The Morgan fingerprint density at radius 2 is 2.29 bits per heavy atom. The van der Waals surface area contributed by atoms with Crippen molar-refractivity contribution < 1.29 is 9.90 Å². The highest BCUT2D eigenvalue weighted by molar-refractivity contribution is 5.93. The summed E-state index contributed by atoms with van der Waals surface area (Å²) in [5, 5.41) is 16.0. The summed E-state index contributed by atoms with van der Waals surface area (Å²) in [5.41, 5.74) is 0.564. The van der Waals surface area contributed by atoms with Crippen LogP contribution in [-0.4, -0.2) is 20.8 Å². The number of amides is 1. The van der Waals surface area contributed by atoms with E-state index in [0.717, 1.165) is 0 Å². The highest BCUT2D eigenvalue weighted by Crippen LogP contribution is 2.16. The second-order valence-corrected chi connectivity index (χ2v) is 3.70. The zero-order valence-electron chi connectivity index (χ0n) is 9.37. The number of aromatic nitrogens is 2. The molecule has 0 aliphatic heterocycles. The summed E-state index contributed by atoms with van der Waals surface area (Å²) < 4.78 is 1.57. The number of hydrogen-bond acceptors (Lipinski definition) is 3. The molecule has 2 N–H and O–H groups in total. The van der Waals surface area contributed by atoms with Gasteiger partial charge in [-0.15, -0.1) is 0 Å². The first-order valence-electron chi connectivity index (χ1n) is 5.26. The van der Waals surface area contributed by atoms with Gasteiger partial charge in [0.15, 0.2) is 0 Å². The number of aromatic hydroxyl groups is 1. The van der Waals surface area contributed by atoms with Crippen LogP contribution in [0.1, 0.15) is 13.0 Å². The van der Waals surface area contributed by atoms with Crippen LogP contribution in [-0.2, 0) is 4.79 Å². The Hall–Kier alpha value is -2.30. The molecule has 0 bridgehead atoms. The SMILES string of the molecule is CC(C(=O)Nc1cccc(O)c1)n1cccn1. The van der Waals surface area contributed by atoms with E-state index in [4.69, 9.17) is 0 Å². The maximum Gasteiger partial charge on any atom is 0.248 e. The molecule has 5 nitrogen and oxygen atoms in total. The molecule has 0 radical (unpaired) electrons. The van der Waals surface area contributed by atoms with Crippen molar-refractivity contribution in [3.63, 3.8) is 0 Å². The number of carbonyl (C=O) groups is 1. The van der Waals surface area contributed by atoms with Gasteiger partial charge in [-0.3, -0.25) is 9.48 Å². The van der Waals surface area contributed by atoms with Crippen LogP contribution < -0.4 is 5.32 Å². The monoisotopic (exact) mass is 231 g/mol. The van der Waals surface area contributed by atoms with Crippen LogP contribution >= 0.6 is 0 Å². The summed E-state index contributed by atoms with van der Waals surface area (Å²) in [7, 11) is 0. The van der Waals surface area contributed by atoms with Gasteiger partial charge in [-0.25, -0.2) is 0 Å². The number of nitrogens with one attached hydrogen (secondary N) is 1. The van der Waals surface area contributed by atoms with Crippen molar-refractivity contribution in [2.24, 2.45) is 0 Å². The molecule has 0 saturated heterocycles. The number of nitrogens with zero attached hydrogens (tertiary/aromatic N) is 2. The lowest BCUT2D eigenvalue weighted by Gasteiger charge is -2.12. The van der Waals surface area contributed by atoms with Crippen LogP contribution in [0.4, 0.5) is 5.69 Å². The van der Waals surface area contributed by atoms with Gasteiger partial charge in [-0.2, -0.15) is 5.10 Å². The summed E-state index contributed by atoms with van der Waals surface area (Å²) in [6.45, 7) is 1.76. The Balaban J connectivity index is 2.07. The molecule has 0 spiro atoms. The van der Waals surface area contributed by atoms with Crippen molar-refractivity contribution in [3.8, 4) is 5.75 Å². The van der Waals surface area contributed by atoms with E-state index in [1.54, 1.807) is 48.3 Å². The van der Waals surface area contributed by atoms with E-state index in [1.165, 1.54) is 6.07 Å². The van der Waals surface area contributed by atoms with Gasteiger partial charge in [-0.1, -0.05) is 6.07 Å². The average molecular weight is 231 g/mol. The van der Waals surface area contributed by atoms with Gasteiger partial charge < -0.3 is 10.4 Å². The third-order valence-electron chi connectivity index (χ3n) is 2.41. The molecule has 1 aromatic heterocycles. The second kappa shape index (κ2) is 4.69. The first kappa shape index (κ1) is 11.2. The normalized spacial score (nSPS) is 12.1. The summed E-state index contributed by atoms with van der Waals surface area (Å²) in [4.78, 5) is 11.9. The lowest BCUT2D eigenvalue weighted by Crippen LogP contribution is -2.23. The van der Waals surface area contributed by atoms with Crippen molar-refractivity contribution >= 4 is 11.6 Å². The minimum Gasteiger partial charge on any atom is -0.508 e. The third kappa shape index (κ3) is 2.63. The topological polar surface area (TPSA) is 67.2 Å². The average Bonchev–Trinajstić information content (AvgIpc) is 2.81. The first-order chi connectivity index (χ1) is 8.16. The molecule has 1 unspecified atom stereocenters. The lowest BCUT2D eigenvalue weighted by atomic mass is 10.2. The first-order valence-corrected chi connectivity index (χ1v) is 5.26. The summed E-state index contributed by atoms with van der Waals surface area (Å²) in [6, 6.07) is 7.79. The largest absolute Gasteiger partial charge is 0.508 e. The van der Waals surface area contributed by atoms with Gasteiger partial charge in [0.25, 0.3) is 0 Å². The minimum atomic E-state index is -0.396. The van der Waals surface area contributed by atoms with Crippen LogP contribution in [0.2, 0.25) is 0 Å². The van der Waals surface area contributed by atoms with Crippen LogP contribution in [0.25, 0.3) is 0 Å². The van der Waals surface area contributed by atoms with Crippen molar-refractivity contribution in [2.75, 3.05) is 5.32 Å². The van der Waals surface area contributed by atoms with Gasteiger partial charge in [0.1, 0.15) is 11.8 Å². The number of phenols is 1. The molecule has 1 atom stereocenters. The van der Waals surface area contributed by atoms with Crippen molar-refractivity contribution in [1.29, 1.82) is 0 Å². The molecule has 17 heavy (non-hydrogen) atoms. The maximum absolute atomic E-state index is 11.9. The molecule has 2 aromatic rings. The van der Waals surface area contributed by atoms with Gasteiger partial charge in [0, 0.05) is 24.1 Å². The summed E-state index contributed by atoms with van der Waals surface area (Å²) >= 11 is 0. The van der Waals surface area contributed by atoms with E-state index in [-0.39, 0.29) is 11.7 Å². The molecule has 0 aliphatic rings. The molecule has 2 rings (SSSR count). The van der Waals surface area contributed by atoms with Crippen LogP contribution in [0, 0.1) is 0 Å². The summed E-state index contributed by atoms with van der Waals surface area (Å²) in [6.07, 6.45) is 3.35. The Bertz CT molecular complexity index is 508. The fraction of sp³-hybridized carbons (Fsp3) is 0.167. The molecule has 5 heteroatoms. The molecular formula is C12H13N3O2. The minimum absolute atomic E-state index is 0.120. The number of anilines is 1. The standard InChI is InChI=1S/C12H13N3O2/c1-9(15-7-3-6-13-15)12(17)14-10-4-2-5-11(16)8-10/h2-9,16H,1H3,(H,14,17). The van der Waals surface area contributed by atoms with Crippen molar-refractivity contribution in [3.05, 3.63) is 42.7 Å². The lowest BCUT2D eigenvalue weighted by molar-refractivity contribution is -0.119. The Labute approximate surface area is 98.7 Å². The molecule has 0 aliphatic carbocycles. The fourth-order valence-corrected chi connectivity index (χ4v) is 1.46. The molecule has 0 fully saturated rings. The maximum atomic E-state index is 11.9. The van der Waals surface area contributed by atoms with Gasteiger partial charge in [-0.05, 0) is 25.1 Å². The van der Waals surface area contributed by atoms with E-state index < -0.39 is 6.04 Å². The Kier molecular flexibility index (Phi) is 3.09. The summed E-state index contributed by atoms with van der Waals surface area (Å²) in [5.74, 6) is -0.0613. The van der Waals surface area contributed by atoms with Crippen LogP contribution in [0.5, 0.6) is 5.75 Å². The van der Waals surface area contributed by atoms with E-state index >= 15 is 0 Å². The van der Waals surface area contributed by atoms with E-state index in [9.17, 15) is 9.90 Å². The van der Waals surface area contributed by atoms with Crippen LogP contribution in [0.3, 0.4) is 0 Å². The number of phenolic OH excluding ortho intramolecular Hbond substituents is 1. The zero-order chi connectivity index (χ0) is 12.3. The Morgan fingerprint density at radius 1 is 1.47 bits per heavy atom. The predicted octanol–water partition coefficient (Wildman–Crippen LogP) is 1.79. The molecule has 88 valence electrons. The smallest absolute Gasteiger partial charge is 0.248 e. The second-order valence-electron chi connectivity index (χ2n) is 3.70. The Morgan fingerprint density at radius 3 is 2.94 bits per heavy atom. The van der Waals surface area contributed by atoms with Gasteiger partial charge >= 0.3 is 0 Å². The highest BCUT2D eigenvalue weighted by atomic mass is 16.3. The fourth-order valence-electron chi connectivity index (χ4n) is 1.46. The predicted molar refractivity (Wildman–Crippen MR) is 63.7 cm³/mol. The van der Waals surface area contributed by atoms with E-state index in [0.29, 0.717) is 5.69 Å². The zero-order valence-corrected chi connectivity index (χ0v) is 9.37. The van der Waals surface area contributed by atoms with Gasteiger partial charge in [0.2, 0.25) is 5.91 Å². The molecule has 1 aromatic carbocycles. The third-order valence-corrected chi connectivity index (χ3v) is 2.41. The molecular weight excluding hydrogens is 218 g/mol. The molecule has 1 amide bonds. The molecule has 0 saturated carbocycles. The van der Waals surface area contributed by atoms with Crippen molar-refractivity contribution in [2.45, 2.75) is 13.0 Å². The highest BCUT2D eigenvalue weighted by Gasteiger charge is 2.14. The van der Waals surface area contributed by atoms with E-state index in [2.05, 4.69) is 10.4 Å². The van der Waals surface area contributed by atoms with E-state index in [1.807, 2.05) is 0 Å². The van der Waals surface area contributed by atoms with Crippen molar-refractivity contribution in [1.82, 2.24) is 9.78 Å². The number of benzene rings is 1. The van der Waals surface area contributed by atoms with Gasteiger partial charge in [0.05, 0.1) is 0 Å². The molecule has 1 heterocycles. The number of rotatable bonds is 3. The quantitative estimate of drug-likeness (QED) is 0.846. The van der Waals surface area contributed by atoms with Crippen LogP contribution in [0.15, 0.2) is 42.7 Å².